The highest BCUT2D eigenvalue weighted by Crippen LogP contribution is 2.22. The smallest absolute Gasteiger partial charge is 0.137 e. The van der Waals surface area contributed by atoms with Gasteiger partial charge in [-0.25, -0.2) is 4.98 Å². The van der Waals surface area contributed by atoms with Crippen LogP contribution in [0.15, 0.2) is 42.7 Å². The van der Waals surface area contributed by atoms with Crippen molar-refractivity contribution < 1.29 is 0 Å². The molecular weight excluding hydrogens is 272 g/mol. The lowest BCUT2D eigenvalue weighted by atomic mass is 10.2. The fourth-order valence-corrected chi connectivity index (χ4v) is 2.29. The molecule has 0 aliphatic carbocycles. The van der Waals surface area contributed by atoms with Crippen molar-refractivity contribution in [2.75, 3.05) is 5.32 Å². The van der Waals surface area contributed by atoms with Gasteiger partial charge >= 0.3 is 0 Å². The molecule has 0 fully saturated rings. The highest BCUT2D eigenvalue weighted by atomic mass is 35.5. The molecule has 0 amide bonds. The first-order valence-electron chi connectivity index (χ1n) is 6.12. The van der Waals surface area contributed by atoms with Crippen LogP contribution >= 0.6 is 11.6 Å². The minimum atomic E-state index is 0.457. The third-order valence-corrected chi connectivity index (χ3v) is 3.42. The SMILES string of the molecule is N#Cc1ccc(NCc2c[nH]c3ncccc23)cc1Cl. The number of hydrogen-bond acceptors (Lipinski definition) is 3. The number of fused-ring (bicyclic) bond motifs is 1. The summed E-state index contributed by atoms with van der Waals surface area (Å²) >= 11 is 6.01. The summed E-state index contributed by atoms with van der Waals surface area (Å²) in [6.45, 7) is 0.661. The molecule has 0 radical (unpaired) electrons. The predicted octanol–water partition coefficient (Wildman–Crippen LogP) is 3.70. The van der Waals surface area contributed by atoms with Crippen molar-refractivity contribution in [2.24, 2.45) is 0 Å². The van der Waals surface area contributed by atoms with E-state index in [-0.39, 0.29) is 0 Å². The monoisotopic (exact) mass is 282 g/mol. The topological polar surface area (TPSA) is 64.5 Å². The molecule has 0 saturated heterocycles. The Balaban J connectivity index is 1.80. The highest BCUT2D eigenvalue weighted by Gasteiger charge is 2.05. The number of benzene rings is 1. The normalized spacial score (nSPS) is 10.4. The van der Waals surface area contributed by atoms with Crippen molar-refractivity contribution in [3.8, 4) is 6.07 Å². The molecule has 0 bridgehead atoms. The van der Waals surface area contributed by atoms with Crippen LogP contribution in [0.25, 0.3) is 11.0 Å². The minimum Gasteiger partial charge on any atom is -0.381 e. The maximum absolute atomic E-state index is 8.84. The van der Waals surface area contributed by atoms with E-state index in [2.05, 4.69) is 15.3 Å². The zero-order valence-corrected chi connectivity index (χ0v) is 11.3. The van der Waals surface area contributed by atoms with E-state index < -0.39 is 0 Å². The van der Waals surface area contributed by atoms with Crippen molar-refractivity contribution in [3.63, 3.8) is 0 Å². The number of aromatic nitrogens is 2. The molecule has 20 heavy (non-hydrogen) atoms. The number of nitriles is 1. The van der Waals surface area contributed by atoms with Gasteiger partial charge in [0.15, 0.2) is 0 Å². The summed E-state index contributed by atoms with van der Waals surface area (Å²) in [5.74, 6) is 0. The molecule has 0 aliphatic heterocycles. The minimum absolute atomic E-state index is 0.457. The Hall–Kier alpha value is -2.51. The summed E-state index contributed by atoms with van der Waals surface area (Å²) in [4.78, 5) is 7.39. The Labute approximate surface area is 121 Å². The summed E-state index contributed by atoms with van der Waals surface area (Å²) in [6.07, 6.45) is 3.70. The number of H-pyrrole nitrogens is 1. The number of rotatable bonds is 3. The fourth-order valence-electron chi connectivity index (χ4n) is 2.07. The first kappa shape index (κ1) is 12.5. The second kappa shape index (κ2) is 5.24. The standard InChI is InChI=1S/C15H11ClN4/c16-14-6-12(4-3-10(14)7-17)19-8-11-9-20-15-13(11)2-1-5-18-15/h1-6,9,19H,8H2,(H,18,20). The number of pyridine rings is 1. The third kappa shape index (κ3) is 2.31. The van der Waals surface area contributed by atoms with Crippen molar-refractivity contribution >= 4 is 28.3 Å². The molecule has 0 unspecified atom stereocenters. The molecule has 3 rings (SSSR count). The molecule has 2 heterocycles. The molecule has 4 nitrogen and oxygen atoms in total. The highest BCUT2D eigenvalue weighted by molar-refractivity contribution is 6.32. The lowest BCUT2D eigenvalue weighted by Gasteiger charge is -2.06. The molecule has 5 heteroatoms. The predicted molar refractivity (Wildman–Crippen MR) is 79.6 cm³/mol. The average Bonchev–Trinajstić information content (AvgIpc) is 2.88. The van der Waals surface area contributed by atoms with Crippen molar-refractivity contribution in [1.29, 1.82) is 5.26 Å². The summed E-state index contributed by atoms with van der Waals surface area (Å²) in [5.41, 5.74) is 3.37. The van der Waals surface area contributed by atoms with Crippen LogP contribution in [-0.2, 0) is 6.54 Å². The Kier molecular flexibility index (Phi) is 3.28. The van der Waals surface area contributed by atoms with Gasteiger partial charge in [0.1, 0.15) is 11.7 Å². The van der Waals surface area contributed by atoms with Crippen LogP contribution in [0.2, 0.25) is 5.02 Å². The van der Waals surface area contributed by atoms with Gasteiger partial charge in [-0.05, 0) is 35.9 Å². The van der Waals surface area contributed by atoms with E-state index >= 15 is 0 Å². The van der Waals surface area contributed by atoms with Crippen LogP contribution in [-0.4, -0.2) is 9.97 Å². The van der Waals surface area contributed by atoms with Gasteiger partial charge in [0.25, 0.3) is 0 Å². The number of nitrogens with one attached hydrogen (secondary N) is 2. The maximum Gasteiger partial charge on any atom is 0.137 e. The maximum atomic E-state index is 8.84. The van der Waals surface area contributed by atoms with Crippen molar-refractivity contribution in [2.45, 2.75) is 6.54 Å². The molecule has 98 valence electrons. The molecular formula is C15H11ClN4. The quantitative estimate of drug-likeness (QED) is 0.770. The second-order valence-electron chi connectivity index (χ2n) is 4.37. The average molecular weight is 283 g/mol. The van der Waals surface area contributed by atoms with Gasteiger partial charge in [0, 0.05) is 30.0 Å². The van der Waals surface area contributed by atoms with Gasteiger partial charge in [-0.1, -0.05) is 11.6 Å². The van der Waals surface area contributed by atoms with Gasteiger partial charge in [0.2, 0.25) is 0 Å². The largest absolute Gasteiger partial charge is 0.381 e. The molecule has 2 N–H and O–H groups in total. The first-order valence-corrected chi connectivity index (χ1v) is 6.50. The van der Waals surface area contributed by atoms with Crippen molar-refractivity contribution in [1.82, 2.24) is 9.97 Å². The number of nitrogens with zero attached hydrogens (tertiary/aromatic N) is 2. The van der Waals surface area contributed by atoms with E-state index in [1.54, 1.807) is 18.3 Å². The zero-order valence-electron chi connectivity index (χ0n) is 10.5. The number of aromatic amines is 1. The number of hydrogen-bond donors (Lipinski definition) is 2. The van der Waals surface area contributed by atoms with Gasteiger partial charge in [-0.3, -0.25) is 0 Å². The van der Waals surface area contributed by atoms with Crippen molar-refractivity contribution in [3.05, 3.63) is 58.9 Å². The summed E-state index contributed by atoms with van der Waals surface area (Å²) in [6, 6.07) is 11.3. The first-order chi connectivity index (χ1) is 9.78. The fraction of sp³-hybridized carbons (Fsp3) is 0.0667. The molecule has 2 aromatic heterocycles. The molecule has 0 atom stereocenters. The van der Waals surface area contributed by atoms with E-state index in [0.29, 0.717) is 17.1 Å². The molecule has 0 spiro atoms. The number of halogens is 1. The van der Waals surface area contributed by atoms with Gasteiger partial charge < -0.3 is 10.3 Å². The van der Waals surface area contributed by atoms with Crippen LogP contribution in [0.1, 0.15) is 11.1 Å². The molecule has 0 saturated carbocycles. The van der Waals surface area contributed by atoms with Crippen LogP contribution in [0.3, 0.4) is 0 Å². The van der Waals surface area contributed by atoms with Crippen LogP contribution < -0.4 is 5.32 Å². The van der Waals surface area contributed by atoms with Gasteiger partial charge in [-0.15, -0.1) is 0 Å². The molecule has 1 aromatic carbocycles. The second-order valence-corrected chi connectivity index (χ2v) is 4.78. The third-order valence-electron chi connectivity index (χ3n) is 3.11. The molecule has 3 aromatic rings. The lowest BCUT2D eigenvalue weighted by Crippen LogP contribution is -1.98. The zero-order chi connectivity index (χ0) is 13.9. The van der Waals surface area contributed by atoms with Crippen LogP contribution in [0, 0.1) is 11.3 Å². The Morgan fingerprint density at radius 3 is 3.05 bits per heavy atom. The Bertz CT molecular complexity index is 801. The molecule has 0 aliphatic rings. The van der Waals surface area contributed by atoms with E-state index in [4.69, 9.17) is 16.9 Å². The van der Waals surface area contributed by atoms with Crippen LogP contribution in [0.5, 0.6) is 0 Å². The number of anilines is 1. The summed E-state index contributed by atoms with van der Waals surface area (Å²) in [7, 11) is 0. The summed E-state index contributed by atoms with van der Waals surface area (Å²) in [5, 5.41) is 13.7. The van der Waals surface area contributed by atoms with E-state index in [9.17, 15) is 0 Å². The van der Waals surface area contributed by atoms with E-state index in [1.165, 1.54) is 0 Å². The van der Waals surface area contributed by atoms with Gasteiger partial charge in [-0.2, -0.15) is 5.26 Å². The van der Waals surface area contributed by atoms with Crippen LogP contribution in [0.4, 0.5) is 5.69 Å². The van der Waals surface area contributed by atoms with Gasteiger partial charge in [0.05, 0.1) is 10.6 Å². The van der Waals surface area contributed by atoms with E-state index in [0.717, 1.165) is 22.3 Å². The Morgan fingerprint density at radius 2 is 2.25 bits per heavy atom. The Morgan fingerprint density at radius 1 is 1.35 bits per heavy atom. The summed E-state index contributed by atoms with van der Waals surface area (Å²) < 4.78 is 0. The lowest BCUT2D eigenvalue weighted by molar-refractivity contribution is 1.16. The van der Waals surface area contributed by atoms with E-state index in [1.807, 2.05) is 30.5 Å².